The summed E-state index contributed by atoms with van der Waals surface area (Å²) in [6.45, 7) is 4.78. The van der Waals surface area contributed by atoms with E-state index in [0.717, 1.165) is 24.5 Å². The molecule has 1 unspecified atom stereocenters. The Bertz CT molecular complexity index is 1050. The van der Waals surface area contributed by atoms with Gasteiger partial charge < -0.3 is 29.1 Å². The number of hydrogen-bond acceptors (Lipinski definition) is 9. The Labute approximate surface area is 191 Å². The maximum atomic E-state index is 12.9. The van der Waals surface area contributed by atoms with Crippen LogP contribution in [0.15, 0.2) is 53.2 Å². The van der Waals surface area contributed by atoms with Gasteiger partial charge in [0.05, 0.1) is 13.2 Å². The van der Waals surface area contributed by atoms with Crippen molar-refractivity contribution in [3.8, 4) is 17.1 Å². The topological polar surface area (TPSA) is 106 Å². The maximum absolute atomic E-state index is 12.9. The van der Waals surface area contributed by atoms with E-state index in [2.05, 4.69) is 25.3 Å². The van der Waals surface area contributed by atoms with Crippen molar-refractivity contribution < 1.29 is 18.8 Å². The van der Waals surface area contributed by atoms with Crippen molar-refractivity contribution in [3.63, 3.8) is 0 Å². The molecule has 4 heterocycles. The number of para-hydroxylation sites is 1. The van der Waals surface area contributed by atoms with E-state index < -0.39 is 0 Å². The molecule has 2 aromatic heterocycles. The Hall–Kier alpha value is -3.50. The Morgan fingerprint density at radius 2 is 1.97 bits per heavy atom. The molecule has 2 aliphatic heterocycles. The molecule has 2 saturated heterocycles. The lowest BCUT2D eigenvalue weighted by atomic mass is 10.2. The summed E-state index contributed by atoms with van der Waals surface area (Å²) >= 11 is 0. The summed E-state index contributed by atoms with van der Waals surface area (Å²) in [5.74, 6) is 2.27. The second-order valence-corrected chi connectivity index (χ2v) is 7.87. The first-order chi connectivity index (χ1) is 16.3. The molecule has 1 aromatic carbocycles. The number of carbonyl (C=O) groups is 1. The quantitative estimate of drug-likeness (QED) is 0.598. The van der Waals surface area contributed by atoms with Crippen LogP contribution in [-0.2, 0) is 9.53 Å². The monoisotopic (exact) mass is 450 g/mol. The maximum Gasteiger partial charge on any atom is 0.261 e. The van der Waals surface area contributed by atoms with Gasteiger partial charge in [-0.3, -0.25) is 4.79 Å². The first-order valence-electron chi connectivity index (χ1n) is 11.1. The minimum absolute atomic E-state index is 0.0472. The number of pyridine rings is 1. The average Bonchev–Trinajstić information content (AvgIpc) is 3.39. The Morgan fingerprint density at radius 3 is 2.76 bits per heavy atom. The van der Waals surface area contributed by atoms with Gasteiger partial charge in [-0.25, -0.2) is 4.98 Å². The van der Waals surface area contributed by atoms with Crippen LogP contribution in [0.1, 0.15) is 11.9 Å². The van der Waals surface area contributed by atoms with Gasteiger partial charge in [-0.1, -0.05) is 23.4 Å². The van der Waals surface area contributed by atoms with Crippen LogP contribution in [0, 0.1) is 0 Å². The first-order valence-corrected chi connectivity index (χ1v) is 11.1. The molecule has 2 aliphatic rings. The van der Waals surface area contributed by atoms with Crippen LogP contribution in [0.3, 0.4) is 0 Å². The third-order valence-corrected chi connectivity index (χ3v) is 5.74. The predicted molar refractivity (Wildman–Crippen MR) is 120 cm³/mol. The number of nitrogens with zero attached hydrogens (tertiary/aromatic N) is 5. The van der Waals surface area contributed by atoms with Gasteiger partial charge >= 0.3 is 0 Å². The summed E-state index contributed by atoms with van der Waals surface area (Å²) in [6, 6.07) is 12.8. The molecule has 2 fully saturated rings. The molecule has 0 aliphatic carbocycles. The molecule has 33 heavy (non-hydrogen) atoms. The minimum Gasteiger partial charge on any atom is -0.484 e. The van der Waals surface area contributed by atoms with Crippen LogP contribution < -0.4 is 15.0 Å². The van der Waals surface area contributed by atoms with Crippen molar-refractivity contribution in [3.05, 3.63) is 54.6 Å². The number of rotatable bonds is 6. The van der Waals surface area contributed by atoms with E-state index in [4.69, 9.17) is 14.0 Å². The van der Waals surface area contributed by atoms with E-state index in [9.17, 15) is 4.79 Å². The van der Waals surface area contributed by atoms with Crippen molar-refractivity contribution in [2.75, 3.05) is 57.4 Å². The van der Waals surface area contributed by atoms with Gasteiger partial charge in [0.15, 0.2) is 6.61 Å². The number of ether oxygens (including phenoxy) is 2. The van der Waals surface area contributed by atoms with Gasteiger partial charge in [0.1, 0.15) is 17.6 Å². The van der Waals surface area contributed by atoms with Crippen LogP contribution in [0.25, 0.3) is 11.4 Å². The van der Waals surface area contributed by atoms with E-state index in [1.807, 2.05) is 42.5 Å². The van der Waals surface area contributed by atoms with Crippen molar-refractivity contribution in [1.29, 1.82) is 0 Å². The normalized spacial score (nSPS) is 18.8. The fourth-order valence-electron chi connectivity index (χ4n) is 3.95. The molecule has 10 heteroatoms. The van der Waals surface area contributed by atoms with E-state index in [1.165, 1.54) is 0 Å². The van der Waals surface area contributed by atoms with E-state index in [0.29, 0.717) is 50.3 Å². The third-order valence-electron chi connectivity index (χ3n) is 5.74. The lowest BCUT2D eigenvalue weighted by molar-refractivity contribution is -0.137. The highest BCUT2D eigenvalue weighted by Gasteiger charge is 2.32. The molecule has 0 bridgehead atoms. The highest BCUT2D eigenvalue weighted by Crippen LogP contribution is 2.25. The summed E-state index contributed by atoms with van der Waals surface area (Å²) in [5.41, 5.74) is 0.760. The number of carbonyl (C=O) groups excluding carboxylic acids is 1. The van der Waals surface area contributed by atoms with Crippen molar-refractivity contribution in [2.24, 2.45) is 0 Å². The number of hydrogen-bond donors (Lipinski definition) is 1. The summed E-state index contributed by atoms with van der Waals surface area (Å²) < 4.78 is 16.6. The number of nitrogens with one attached hydrogen (secondary N) is 1. The third kappa shape index (κ3) is 4.96. The van der Waals surface area contributed by atoms with Crippen LogP contribution >= 0.6 is 0 Å². The molecule has 0 radical (unpaired) electrons. The number of amides is 1. The van der Waals surface area contributed by atoms with E-state index >= 15 is 0 Å². The lowest BCUT2D eigenvalue weighted by Crippen LogP contribution is -2.50. The van der Waals surface area contributed by atoms with Crippen LogP contribution in [0.4, 0.5) is 5.82 Å². The van der Waals surface area contributed by atoms with Gasteiger partial charge in [0.25, 0.3) is 11.8 Å². The van der Waals surface area contributed by atoms with Gasteiger partial charge in [-0.05, 0) is 24.3 Å². The highest BCUT2D eigenvalue weighted by atomic mass is 16.5. The zero-order valence-electron chi connectivity index (χ0n) is 18.2. The summed E-state index contributed by atoms with van der Waals surface area (Å²) in [6.07, 6.45) is 1.75. The second-order valence-electron chi connectivity index (χ2n) is 7.87. The molecule has 0 saturated carbocycles. The first kappa shape index (κ1) is 21.4. The zero-order chi connectivity index (χ0) is 22.5. The largest absolute Gasteiger partial charge is 0.484 e. The number of anilines is 1. The van der Waals surface area contributed by atoms with E-state index in [1.54, 1.807) is 11.1 Å². The average molecular weight is 450 g/mol. The smallest absolute Gasteiger partial charge is 0.261 e. The number of piperazine rings is 1. The fourth-order valence-corrected chi connectivity index (χ4v) is 3.95. The molecule has 1 atom stereocenters. The van der Waals surface area contributed by atoms with Crippen molar-refractivity contribution >= 4 is 11.7 Å². The van der Waals surface area contributed by atoms with Crippen LogP contribution in [0.5, 0.6) is 5.75 Å². The molecule has 172 valence electrons. The Morgan fingerprint density at radius 1 is 1.12 bits per heavy atom. The summed E-state index contributed by atoms with van der Waals surface area (Å²) in [5, 5.41) is 7.43. The van der Waals surface area contributed by atoms with E-state index in [-0.39, 0.29) is 18.6 Å². The number of benzene rings is 1. The van der Waals surface area contributed by atoms with Gasteiger partial charge in [-0.2, -0.15) is 4.98 Å². The lowest BCUT2D eigenvalue weighted by Gasteiger charge is -2.33. The zero-order valence-corrected chi connectivity index (χ0v) is 18.2. The fraction of sp³-hybridized carbons (Fsp3) is 0.391. The van der Waals surface area contributed by atoms with Gasteiger partial charge in [0.2, 0.25) is 5.82 Å². The minimum atomic E-state index is -0.354. The molecule has 1 amide bonds. The highest BCUT2D eigenvalue weighted by molar-refractivity contribution is 5.78. The summed E-state index contributed by atoms with van der Waals surface area (Å²) in [7, 11) is 0. The standard InChI is InChI=1S/C23H26N6O4/c30-21(16-32-18-4-2-1-3-5-18)29-9-8-24-15-19(29)23-26-22(27-33-23)17-6-7-20(25-14-17)28-10-12-31-13-11-28/h1-7,14,19,24H,8-13,15-16H2. The van der Waals surface area contributed by atoms with Crippen LogP contribution in [-0.4, -0.2) is 78.5 Å². The summed E-state index contributed by atoms with van der Waals surface area (Å²) in [4.78, 5) is 25.9. The number of aromatic nitrogens is 3. The Kier molecular flexibility index (Phi) is 6.45. The van der Waals surface area contributed by atoms with Gasteiger partial charge in [0, 0.05) is 44.5 Å². The molecule has 5 rings (SSSR count). The van der Waals surface area contributed by atoms with Gasteiger partial charge in [-0.15, -0.1) is 0 Å². The molecular weight excluding hydrogens is 424 g/mol. The SMILES string of the molecule is O=C(COc1ccccc1)N1CCNCC1c1nc(-c2ccc(N3CCOCC3)nc2)no1. The predicted octanol–water partition coefficient (Wildman–Crippen LogP) is 1.52. The van der Waals surface area contributed by atoms with Crippen molar-refractivity contribution in [2.45, 2.75) is 6.04 Å². The molecular formula is C23H26N6O4. The molecule has 0 spiro atoms. The Balaban J connectivity index is 1.26. The molecule has 3 aromatic rings. The second kappa shape index (κ2) is 9.97. The molecule has 1 N–H and O–H groups in total. The van der Waals surface area contributed by atoms with Crippen molar-refractivity contribution in [1.82, 2.24) is 25.3 Å². The number of morpholine rings is 1. The van der Waals surface area contributed by atoms with Crippen LogP contribution in [0.2, 0.25) is 0 Å². The molecule has 10 nitrogen and oxygen atoms in total.